The summed E-state index contributed by atoms with van der Waals surface area (Å²) < 4.78 is 31.8. The molecular formula is C18H13NO4S. The van der Waals surface area contributed by atoms with Crippen LogP contribution in [0.3, 0.4) is 0 Å². The molecule has 5 nitrogen and oxygen atoms in total. The van der Waals surface area contributed by atoms with Gasteiger partial charge in [-0.2, -0.15) is 0 Å². The number of rotatable bonds is 2. The second-order valence-corrected chi connectivity index (χ2v) is 7.34. The van der Waals surface area contributed by atoms with Gasteiger partial charge in [0.05, 0.1) is 4.90 Å². The Balaban J connectivity index is 2.21. The molecular weight excluding hydrogens is 326 g/mol. The van der Waals surface area contributed by atoms with Crippen LogP contribution >= 0.6 is 0 Å². The molecule has 1 heterocycles. The summed E-state index contributed by atoms with van der Waals surface area (Å²) in [6.45, 7) is 1.64. The highest BCUT2D eigenvalue weighted by Gasteiger charge is 2.29. The van der Waals surface area contributed by atoms with Gasteiger partial charge in [-0.3, -0.25) is 0 Å². The van der Waals surface area contributed by atoms with E-state index in [-0.39, 0.29) is 21.1 Å². The van der Waals surface area contributed by atoms with E-state index in [0.717, 1.165) is 0 Å². The Labute approximate surface area is 138 Å². The number of nitrogens with zero attached hydrogens (tertiary/aromatic N) is 1. The van der Waals surface area contributed by atoms with Crippen molar-refractivity contribution in [1.82, 2.24) is 4.98 Å². The maximum absolute atomic E-state index is 13.1. The molecule has 0 atom stereocenters. The molecule has 0 aliphatic carbocycles. The Kier molecular flexibility index (Phi) is 3.11. The van der Waals surface area contributed by atoms with Crippen LogP contribution < -0.4 is 0 Å². The molecule has 4 rings (SSSR count). The molecule has 0 fully saturated rings. The van der Waals surface area contributed by atoms with Gasteiger partial charge in [0.15, 0.2) is 11.5 Å². The van der Waals surface area contributed by atoms with Gasteiger partial charge >= 0.3 is 0 Å². The summed E-state index contributed by atoms with van der Waals surface area (Å²) in [5, 5.41) is 11.7. The van der Waals surface area contributed by atoms with Crippen LogP contribution in [-0.4, -0.2) is 18.5 Å². The van der Waals surface area contributed by atoms with E-state index in [9.17, 15) is 13.5 Å². The number of hydrogen-bond acceptors (Lipinski definition) is 5. The predicted molar refractivity (Wildman–Crippen MR) is 89.8 cm³/mol. The molecule has 0 spiro atoms. The second-order valence-electron chi connectivity index (χ2n) is 5.45. The van der Waals surface area contributed by atoms with Crippen LogP contribution in [0.5, 0.6) is 5.75 Å². The van der Waals surface area contributed by atoms with E-state index in [0.29, 0.717) is 22.2 Å². The highest BCUT2D eigenvalue weighted by molar-refractivity contribution is 7.91. The highest BCUT2D eigenvalue weighted by atomic mass is 32.2. The van der Waals surface area contributed by atoms with E-state index in [1.54, 1.807) is 49.4 Å². The van der Waals surface area contributed by atoms with Crippen molar-refractivity contribution in [2.75, 3.05) is 0 Å². The Morgan fingerprint density at radius 3 is 2.29 bits per heavy atom. The van der Waals surface area contributed by atoms with Crippen molar-refractivity contribution in [2.45, 2.75) is 16.7 Å². The minimum Gasteiger partial charge on any atom is -0.506 e. The van der Waals surface area contributed by atoms with Crippen LogP contribution in [0.1, 0.15) is 5.89 Å². The van der Waals surface area contributed by atoms with Crippen LogP contribution in [0.25, 0.3) is 21.9 Å². The highest BCUT2D eigenvalue weighted by Crippen LogP contribution is 2.42. The lowest BCUT2D eigenvalue weighted by Crippen LogP contribution is -2.04. The van der Waals surface area contributed by atoms with Gasteiger partial charge in [0, 0.05) is 17.7 Å². The molecule has 3 aromatic carbocycles. The largest absolute Gasteiger partial charge is 0.506 e. The van der Waals surface area contributed by atoms with Crippen molar-refractivity contribution in [3.05, 3.63) is 60.5 Å². The average molecular weight is 339 g/mol. The summed E-state index contributed by atoms with van der Waals surface area (Å²) in [6.07, 6.45) is 0. The van der Waals surface area contributed by atoms with E-state index >= 15 is 0 Å². The molecule has 0 saturated heterocycles. The average Bonchev–Trinajstić information content (AvgIpc) is 2.97. The van der Waals surface area contributed by atoms with Crippen LogP contribution in [0.15, 0.2) is 68.8 Å². The molecule has 0 saturated carbocycles. The first-order valence-corrected chi connectivity index (χ1v) is 8.79. The van der Waals surface area contributed by atoms with Crippen molar-refractivity contribution in [3.63, 3.8) is 0 Å². The number of aryl methyl sites for hydroxylation is 1. The lowest BCUT2D eigenvalue weighted by molar-refractivity contribution is 0.466. The predicted octanol–water partition coefficient (Wildman–Crippen LogP) is 3.83. The van der Waals surface area contributed by atoms with Crippen molar-refractivity contribution in [2.24, 2.45) is 0 Å². The molecule has 4 aromatic rings. The van der Waals surface area contributed by atoms with Gasteiger partial charge in [-0.25, -0.2) is 13.4 Å². The van der Waals surface area contributed by atoms with Crippen LogP contribution in [0.4, 0.5) is 0 Å². The smallest absolute Gasteiger partial charge is 0.212 e. The summed E-state index contributed by atoms with van der Waals surface area (Å²) in [5.74, 6) is 0.0283. The monoisotopic (exact) mass is 339 g/mol. The number of sulfone groups is 1. The Morgan fingerprint density at radius 2 is 1.58 bits per heavy atom. The second kappa shape index (κ2) is 5.07. The van der Waals surface area contributed by atoms with E-state index in [1.807, 2.05) is 0 Å². The van der Waals surface area contributed by atoms with E-state index < -0.39 is 9.84 Å². The lowest BCUT2D eigenvalue weighted by atomic mass is 10.1. The number of hydrogen-bond donors (Lipinski definition) is 1. The number of phenols is 1. The molecule has 6 heteroatoms. The van der Waals surface area contributed by atoms with Gasteiger partial charge in [0.25, 0.3) is 0 Å². The standard InChI is InChI=1S/C18H13NO4S/c1-11-19-15-17(23-11)14-10-6-5-9-13(14)16(20)18(15)24(21,22)12-7-3-2-4-8-12/h2-10,20H,1H3. The fraction of sp³-hybridized carbons (Fsp3) is 0.0556. The van der Waals surface area contributed by atoms with Gasteiger partial charge in [0.2, 0.25) is 9.84 Å². The zero-order valence-corrected chi connectivity index (χ0v) is 13.5. The number of aromatic hydroxyl groups is 1. The normalized spacial score (nSPS) is 12.0. The Bertz CT molecular complexity index is 1180. The minimum atomic E-state index is -3.95. The summed E-state index contributed by atoms with van der Waals surface area (Å²) >= 11 is 0. The third-order valence-corrected chi connectivity index (χ3v) is 5.73. The molecule has 1 N–H and O–H groups in total. The number of benzene rings is 3. The van der Waals surface area contributed by atoms with Crippen LogP contribution in [-0.2, 0) is 9.84 Å². The molecule has 0 radical (unpaired) electrons. The quantitative estimate of drug-likeness (QED) is 0.600. The summed E-state index contributed by atoms with van der Waals surface area (Å²) in [5.41, 5.74) is 0.503. The Hall–Kier alpha value is -2.86. The van der Waals surface area contributed by atoms with Crippen LogP contribution in [0, 0.1) is 6.92 Å². The number of aromatic nitrogens is 1. The zero-order valence-electron chi connectivity index (χ0n) is 12.7. The van der Waals surface area contributed by atoms with Crippen molar-refractivity contribution in [1.29, 1.82) is 0 Å². The van der Waals surface area contributed by atoms with Gasteiger partial charge < -0.3 is 9.52 Å². The SMILES string of the molecule is Cc1nc2c(S(=O)(=O)c3ccccc3)c(O)c3ccccc3c2o1. The fourth-order valence-corrected chi connectivity index (χ4v) is 4.37. The first-order valence-electron chi connectivity index (χ1n) is 7.31. The summed E-state index contributed by atoms with van der Waals surface area (Å²) in [4.78, 5) is 4.08. The molecule has 0 aliphatic heterocycles. The maximum atomic E-state index is 13.1. The number of oxazole rings is 1. The Morgan fingerprint density at radius 1 is 0.958 bits per heavy atom. The lowest BCUT2D eigenvalue weighted by Gasteiger charge is -2.10. The van der Waals surface area contributed by atoms with E-state index in [4.69, 9.17) is 4.42 Å². The topological polar surface area (TPSA) is 80.4 Å². The molecule has 0 amide bonds. The maximum Gasteiger partial charge on any atom is 0.212 e. The zero-order chi connectivity index (χ0) is 16.9. The minimum absolute atomic E-state index is 0.0949. The number of phenolic OH excluding ortho intramolecular Hbond substituents is 1. The van der Waals surface area contributed by atoms with Crippen molar-refractivity contribution in [3.8, 4) is 5.75 Å². The van der Waals surface area contributed by atoms with Crippen molar-refractivity contribution < 1.29 is 17.9 Å². The molecule has 0 unspecified atom stereocenters. The molecule has 120 valence electrons. The molecule has 1 aromatic heterocycles. The van der Waals surface area contributed by atoms with Gasteiger partial charge in [-0.15, -0.1) is 0 Å². The van der Waals surface area contributed by atoms with E-state index in [1.165, 1.54) is 12.1 Å². The third kappa shape index (κ3) is 2.00. The molecule has 0 aliphatic rings. The van der Waals surface area contributed by atoms with Gasteiger partial charge in [-0.05, 0) is 12.1 Å². The first kappa shape index (κ1) is 14.7. The molecule has 0 bridgehead atoms. The summed E-state index contributed by atoms with van der Waals surface area (Å²) in [7, 11) is -3.95. The number of fused-ring (bicyclic) bond motifs is 3. The van der Waals surface area contributed by atoms with Gasteiger partial charge in [0.1, 0.15) is 16.2 Å². The third-order valence-electron chi connectivity index (χ3n) is 3.91. The van der Waals surface area contributed by atoms with Gasteiger partial charge in [-0.1, -0.05) is 42.5 Å². The van der Waals surface area contributed by atoms with Crippen LogP contribution in [0.2, 0.25) is 0 Å². The fourth-order valence-electron chi connectivity index (χ4n) is 2.86. The summed E-state index contributed by atoms with van der Waals surface area (Å²) in [6, 6.07) is 14.9. The van der Waals surface area contributed by atoms with E-state index in [2.05, 4.69) is 4.98 Å². The first-order chi connectivity index (χ1) is 11.5. The molecule has 24 heavy (non-hydrogen) atoms. The van der Waals surface area contributed by atoms with Crippen molar-refractivity contribution >= 4 is 31.7 Å².